The molecule has 2 amide bonds. The molecular formula is C19H20F2N4O2. The number of rotatable bonds is 7. The first-order chi connectivity index (χ1) is 12.8. The van der Waals surface area contributed by atoms with Crippen molar-refractivity contribution in [2.75, 3.05) is 7.05 Å². The van der Waals surface area contributed by atoms with Crippen molar-refractivity contribution in [2.45, 2.75) is 49.9 Å². The third kappa shape index (κ3) is 4.13. The fourth-order valence-electron chi connectivity index (χ4n) is 3.41. The molecule has 8 heteroatoms. The number of hydrogen-bond acceptors (Lipinski definition) is 4. The van der Waals surface area contributed by atoms with Crippen LogP contribution in [0.4, 0.5) is 8.78 Å². The van der Waals surface area contributed by atoms with E-state index in [1.54, 1.807) is 7.05 Å². The van der Waals surface area contributed by atoms with Crippen molar-refractivity contribution in [3.8, 4) is 12.3 Å². The molecule has 0 unspecified atom stereocenters. The van der Waals surface area contributed by atoms with E-state index in [-0.39, 0.29) is 24.7 Å². The predicted octanol–water partition coefficient (Wildman–Crippen LogP) is 2.71. The summed E-state index contributed by atoms with van der Waals surface area (Å²) >= 11 is 0. The Morgan fingerprint density at radius 2 is 2.11 bits per heavy atom. The third-order valence-corrected chi connectivity index (χ3v) is 5.02. The SMILES string of the molecule is C#CCCC1(CCC(=O)N[C@H]2CC(=O)N(C)[C@@H]2c2ccc(F)c(F)c2)N=N1. The van der Waals surface area contributed by atoms with Gasteiger partial charge in [0.15, 0.2) is 17.3 Å². The molecule has 142 valence electrons. The Balaban J connectivity index is 1.63. The minimum absolute atomic E-state index is 0.100. The van der Waals surface area contributed by atoms with Gasteiger partial charge >= 0.3 is 0 Å². The van der Waals surface area contributed by atoms with Gasteiger partial charge in [0.25, 0.3) is 0 Å². The van der Waals surface area contributed by atoms with Gasteiger partial charge in [-0.3, -0.25) is 9.59 Å². The van der Waals surface area contributed by atoms with Gasteiger partial charge in [-0.2, -0.15) is 10.2 Å². The zero-order valence-corrected chi connectivity index (χ0v) is 14.9. The lowest BCUT2D eigenvalue weighted by molar-refractivity contribution is -0.127. The first-order valence-electron chi connectivity index (χ1n) is 8.73. The highest BCUT2D eigenvalue weighted by Crippen LogP contribution is 2.38. The fraction of sp³-hybridized carbons (Fsp3) is 0.474. The number of carbonyl (C=O) groups is 2. The van der Waals surface area contributed by atoms with Crippen molar-refractivity contribution >= 4 is 11.8 Å². The molecule has 2 heterocycles. The molecule has 0 bridgehead atoms. The number of hydrogen-bond donors (Lipinski definition) is 1. The van der Waals surface area contributed by atoms with E-state index in [4.69, 9.17) is 6.42 Å². The Kier molecular flexibility index (Phi) is 5.22. The van der Waals surface area contributed by atoms with Crippen LogP contribution in [0.3, 0.4) is 0 Å². The highest BCUT2D eigenvalue weighted by atomic mass is 19.2. The maximum atomic E-state index is 13.6. The summed E-state index contributed by atoms with van der Waals surface area (Å²) in [5.74, 6) is 0.169. The Hall–Kier alpha value is -2.82. The number of terminal acetylenes is 1. The van der Waals surface area contributed by atoms with Gasteiger partial charge in [0, 0.05) is 39.2 Å². The molecule has 1 N–H and O–H groups in total. The van der Waals surface area contributed by atoms with E-state index in [0.717, 1.165) is 12.1 Å². The minimum atomic E-state index is -0.988. The molecule has 0 aliphatic carbocycles. The van der Waals surface area contributed by atoms with Crippen molar-refractivity contribution in [1.29, 1.82) is 0 Å². The van der Waals surface area contributed by atoms with Crippen molar-refractivity contribution in [3.05, 3.63) is 35.4 Å². The summed E-state index contributed by atoms with van der Waals surface area (Å²) in [6.45, 7) is 0. The lowest BCUT2D eigenvalue weighted by Crippen LogP contribution is -2.39. The normalized spacial score (nSPS) is 22.6. The van der Waals surface area contributed by atoms with Gasteiger partial charge in [-0.05, 0) is 17.7 Å². The fourth-order valence-corrected chi connectivity index (χ4v) is 3.41. The smallest absolute Gasteiger partial charge is 0.225 e. The summed E-state index contributed by atoms with van der Waals surface area (Å²) in [5.41, 5.74) is -0.115. The number of carbonyl (C=O) groups excluding carboxylic acids is 2. The van der Waals surface area contributed by atoms with Crippen LogP contribution in [0.5, 0.6) is 0 Å². The highest BCUT2D eigenvalue weighted by molar-refractivity contribution is 5.83. The summed E-state index contributed by atoms with van der Waals surface area (Å²) in [6.07, 6.45) is 7.13. The Bertz CT molecular complexity index is 827. The molecular weight excluding hydrogens is 354 g/mol. The van der Waals surface area contributed by atoms with Gasteiger partial charge in [0.2, 0.25) is 11.8 Å². The average molecular weight is 374 g/mol. The average Bonchev–Trinajstić information content (AvgIpc) is 3.35. The van der Waals surface area contributed by atoms with Gasteiger partial charge < -0.3 is 10.2 Å². The maximum Gasteiger partial charge on any atom is 0.225 e. The maximum absolute atomic E-state index is 13.6. The van der Waals surface area contributed by atoms with Gasteiger partial charge in [-0.25, -0.2) is 8.78 Å². The quantitative estimate of drug-likeness (QED) is 0.745. The van der Waals surface area contributed by atoms with Crippen LogP contribution in [-0.4, -0.2) is 35.5 Å². The van der Waals surface area contributed by atoms with Gasteiger partial charge in [0.05, 0.1) is 12.1 Å². The van der Waals surface area contributed by atoms with Crippen LogP contribution < -0.4 is 5.32 Å². The Morgan fingerprint density at radius 1 is 1.37 bits per heavy atom. The molecule has 0 saturated carbocycles. The first-order valence-corrected chi connectivity index (χ1v) is 8.73. The topological polar surface area (TPSA) is 74.1 Å². The highest BCUT2D eigenvalue weighted by Gasteiger charge is 2.41. The number of amides is 2. The Morgan fingerprint density at radius 3 is 2.74 bits per heavy atom. The van der Waals surface area contributed by atoms with Crippen LogP contribution in [0.15, 0.2) is 28.4 Å². The van der Waals surface area contributed by atoms with E-state index in [2.05, 4.69) is 21.5 Å². The minimum Gasteiger partial charge on any atom is -0.350 e. The second-order valence-corrected chi connectivity index (χ2v) is 6.89. The molecule has 3 rings (SSSR count). The first kappa shape index (κ1) is 19.0. The van der Waals surface area contributed by atoms with Crippen LogP contribution in [0.2, 0.25) is 0 Å². The van der Waals surface area contributed by atoms with Crippen molar-refractivity contribution in [2.24, 2.45) is 10.2 Å². The molecule has 0 aromatic heterocycles. The van der Waals surface area contributed by atoms with Crippen LogP contribution in [0.25, 0.3) is 0 Å². The monoisotopic (exact) mass is 374 g/mol. The summed E-state index contributed by atoms with van der Waals surface area (Å²) in [5, 5.41) is 10.8. The second kappa shape index (κ2) is 7.43. The molecule has 1 aromatic carbocycles. The summed E-state index contributed by atoms with van der Waals surface area (Å²) < 4.78 is 26.8. The van der Waals surface area contributed by atoms with Gasteiger partial charge in [-0.15, -0.1) is 12.3 Å². The van der Waals surface area contributed by atoms with E-state index >= 15 is 0 Å². The molecule has 2 aliphatic heterocycles. The van der Waals surface area contributed by atoms with Crippen molar-refractivity contribution in [1.82, 2.24) is 10.2 Å². The molecule has 6 nitrogen and oxygen atoms in total. The molecule has 2 atom stereocenters. The third-order valence-electron chi connectivity index (χ3n) is 5.02. The van der Waals surface area contributed by atoms with Crippen LogP contribution in [0, 0.1) is 24.0 Å². The molecule has 2 aliphatic rings. The number of halogens is 2. The van der Waals surface area contributed by atoms with Crippen molar-refractivity contribution in [3.63, 3.8) is 0 Å². The molecule has 0 radical (unpaired) electrons. The summed E-state index contributed by atoms with van der Waals surface area (Å²) in [4.78, 5) is 25.9. The van der Waals surface area contributed by atoms with E-state index in [9.17, 15) is 18.4 Å². The van der Waals surface area contributed by atoms with Crippen LogP contribution >= 0.6 is 0 Å². The zero-order chi connectivity index (χ0) is 19.6. The summed E-state index contributed by atoms with van der Waals surface area (Å²) in [7, 11) is 1.58. The van der Waals surface area contributed by atoms with E-state index in [1.165, 1.54) is 11.0 Å². The van der Waals surface area contributed by atoms with Crippen molar-refractivity contribution < 1.29 is 18.4 Å². The largest absolute Gasteiger partial charge is 0.350 e. The van der Waals surface area contributed by atoms with Gasteiger partial charge in [0.1, 0.15) is 0 Å². The molecule has 27 heavy (non-hydrogen) atoms. The lowest BCUT2D eigenvalue weighted by Gasteiger charge is -2.26. The van der Waals surface area contributed by atoms with Gasteiger partial charge in [-0.1, -0.05) is 6.07 Å². The van der Waals surface area contributed by atoms with E-state index in [0.29, 0.717) is 24.8 Å². The number of likely N-dealkylation sites (N-methyl/N-ethyl adjacent to an activating group) is 1. The standard InChI is InChI=1S/C19H20F2N4O2/c1-3-4-8-19(23-24-19)9-7-16(26)22-15-11-17(27)25(2)18(15)12-5-6-13(20)14(21)10-12/h1,5-6,10,15,18H,4,7-9,11H2,2H3,(H,22,26)/t15-,18+/m0/s1. The number of likely N-dealkylation sites (tertiary alicyclic amines) is 1. The molecule has 1 aromatic rings. The zero-order valence-electron chi connectivity index (χ0n) is 14.9. The second-order valence-electron chi connectivity index (χ2n) is 6.89. The lowest BCUT2D eigenvalue weighted by atomic mass is 9.98. The van der Waals surface area contributed by atoms with Crippen LogP contribution in [-0.2, 0) is 9.59 Å². The summed E-state index contributed by atoms with van der Waals surface area (Å²) in [6, 6.07) is 2.43. The number of nitrogens with zero attached hydrogens (tertiary/aromatic N) is 3. The molecule has 0 spiro atoms. The van der Waals surface area contributed by atoms with E-state index in [1.807, 2.05) is 0 Å². The van der Waals surface area contributed by atoms with Crippen LogP contribution in [0.1, 0.15) is 43.7 Å². The molecule has 1 saturated heterocycles. The van der Waals surface area contributed by atoms with E-state index < -0.39 is 29.4 Å². The number of benzene rings is 1. The molecule has 1 fully saturated rings. The Labute approximate surface area is 156 Å². The predicted molar refractivity (Wildman–Crippen MR) is 93.3 cm³/mol. The number of nitrogens with one attached hydrogen (secondary N) is 1.